The van der Waals surface area contributed by atoms with E-state index in [0.29, 0.717) is 22.8 Å². The molecule has 0 saturated heterocycles. The van der Waals surface area contributed by atoms with Crippen molar-refractivity contribution in [2.75, 3.05) is 12.8 Å². The zero-order valence-corrected chi connectivity index (χ0v) is 15.7. The molecule has 0 atom stereocenters. The summed E-state index contributed by atoms with van der Waals surface area (Å²) < 4.78 is 5.31. The molecule has 142 valence electrons. The molecule has 3 aromatic carbocycles. The predicted octanol–water partition coefficient (Wildman–Crippen LogP) is 3.13. The summed E-state index contributed by atoms with van der Waals surface area (Å²) in [6, 6.07) is 20.9. The van der Waals surface area contributed by atoms with Crippen LogP contribution in [0.5, 0.6) is 11.6 Å². The van der Waals surface area contributed by atoms with Crippen molar-refractivity contribution in [3.05, 3.63) is 94.4 Å². The van der Waals surface area contributed by atoms with Gasteiger partial charge >= 0.3 is 0 Å². The standard InChI is InChI=1S/C23H18N4O2/c1-29-15-8-10-18-19(12-15)26-22(25-18)20(13-5-3-2-4-6-13)21-16-11-14(24)7-9-17(16)27-23(21)28/h2-12,27-28H,24H2,1H3. The molecule has 1 aliphatic rings. The molecule has 2 heterocycles. The van der Waals surface area contributed by atoms with Crippen LogP contribution in [0.25, 0.3) is 16.5 Å². The van der Waals surface area contributed by atoms with Gasteiger partial charge in [-0.15, -0.1) is 0 Å². The van der Waals surface area contributed by atoms with Crippen LogP contribution in [0.4, 0.5) is 5.69 Å². The molecule has 0 aliphatic carbocycles. The molecule has 0 amide bonds. The highest BCUT2D eigenvalue weighted by molar-refractivity contribution is 6.01. The van der Waals surface area contributed by atoms with Gasteiger partial charge in [0.15, 0.2) is 11.7 Å². The number of fused-ring (bicyclic) bond motifs is 2. The number of hydrogen-bond donors (Lipinski definition) is 3. The quantitative estimate of drug-likeness (QED) is 0.475. The number of aromatic nitrogens is 1. The topological polar surface area (TPSA) is 96.0 Å². The van der Waals surface area contributed by atoms with Crippen LogP contribution in [-0.4, -0.2) is 17.2 Å². The van der Waals surface area contributed by atoms with Crippen molar-refractivity contribution in [3.8, 4) is 11.6 Å². The van der Waals surface area contributed by atoms with Crippen molar-refractivity contribution in [3.63, 3.8) is 0 Å². The average Bonchev–Trinajstić information content (AvgIpc) is 3.29. The molecule has 4 N–H and O–H groups in total. The number of nitrogens with one attached hydrogen (secondary N) is 1. The normalized spacial score (nSPS) is 14.2. The Balaban J connectivity index is 1.86. The van der Waals surface area contributed by atoms with Crippen LogP contribution in [0.3, 0.4) is 0 Å². The van der Waals surface area contributed by atoms with Gasteiger partial charge in [-0.3, -0.25) is 0 Å². The summed E-state index contributed by atoms with van der Waals surface area (Å²) in [5.41, 5.74) is 9.68. The first kappa shape index (κ1) is 17.1. The van der Waals surface area contributed by atoms with E-state index in [1.165, 1.54) is 0 Å². The number of rotatable bonds is 3. The van der Waals surface area contributed by atoms with Crippen LogP contribution < -0.4 is 21.2 Å². The lowest BCUT2D eigenvalue weighted by Gasteiger charge is -2.09. The summed E-state index contributed by atoms with van der Waals surface area (Å²) in [4.78, 5) is 12.5. The summed E-state index contributed by atoms with van der Waals surface area (Å²) in [5.74, 6) is 1.29. The number of nitrogens with two attached hydrogens (primary N) is 1. The average molecular weight is 382 g/mol. The van der Waals surface area contributed by atoms with E-state index in [0.717, 1.165) is 32.8 Å². The zero-order valence-electron chi connectivity index (χ0n) is 15.7. The first-order valence-electron chi connectivity index (χ1n) is 9.16. The van der Waals surface area contributed by atoms with Gasteiger partial charge in [-0.25, -0.2) is 9.98 Å². The van der Waals surface area contributed by atoms with Crippen molar-refractivity contribution in [2.45, 2.75) is 0 Å². The van der Waals surface area contributed by atoms with Crippen LogP contribution in [0.1, 0.15) is 11.1 Å². The van der Waals surface area contributed by atoms with Crippen molar-refractivity contribution >= 4 is 22.2 Å². The highest BCUT2D eigenvalue weighted by Crippen LogP contribution is 2.39. The summed E-state index contributed by atoms with van der Waals surface area (Å²) >= 11 is 0. The second-order valence-electron chi connectivity index (χ2n) is 6.80. The maximum absolute atomic E-state index is 10.8. The molecule has 0 bridgehead atoms. The third-order valence-corrected chi connectivity index (χ3v) is 4.97. The number of anilines is 1. The number of ether oxygens (including phenoxy) is 1. The molecule has 5 rings (SSSR count). The molecule has 0 radical (unpaired) electrons. The minimum atomic E-state index is 0.0517. The smallest absolute Gasteiger partial charge is 0.197 e. The third kappa shape index (κ3) is 2.82. The van der Waals surface area contributed by atoms with Gasteiger partial charge < -0.3 is 20.6 Å². The van der Waals surface area contributed by atoms with Gasteiger partial charge in [0, 0.05) is 28.2 Å². The molecule has 6 heteroatoms. The first-order chi connectivity index (χ1) is 14.1. The fourth-order valence-electron chi connectivity index (χ4n) is 3.62. The van der Waals surface area contributed by atoms with Gasteiger partial charge in [0.05, 0.1) is 23.4 Å². The number of hydrogen-bond acceptors (Lipinski definition) is 5. The summed E-state index contributed by atoms with van der Waals surface area (Å²) in [5, 5.41) is 13.1. The number of methoxy groups -OCH3 is 1. The molecular weight excluding hydrogens is 364 g/mol. The van der Waals surface area contributed by atoms with Crippen LogP contribution in [-0.2, 0) is 0 Å². The summed E-state index contributed by atoms with van der Waals surface area (Å²) in [7, 11) is 1.62. The second-order valence-corrected chi connectivity index (χ2v) is 6.80. The number of aromatic hydroxyl groups is 1. The molecule has 1 aliphatic heterocycles. The van der Waals surface area contributed by atoms with Crippen molar-refractivity contribution in [1.29, 1.82) is 0 Å². The molecule has 0 fully saturated rings. The van der Waals surface area contributed by atoms with Crippen molar-refractivity contribution in [1.82, 2.24) is 4.98 Å². The van der Waals surface area contributed by atoms with Crippen LogP contribution in [0, 0.1) is 0 Å². The Bertz CT molecular complexity index is 1400. The minimum Gasteiger partial charge on any atom is -0.497 e. The van der Waals surface area contributed by atoms with E-state index in [1.54, 1.807) is 13.2 Å². The van der Waals surface area contributed by atoms with Crippen LogP contribution in [0.2, 0.25) is 0 Å². The lowest BCUT2D eigenvalue weighted by Crippen LogP contribution is -2.20. The minimum absolute atomic E-state index is 0.0517. The number of H-pyrrole nitrogens is 1. The zero-order chi connectivity index (χ0) is 20.0. The van der Waals surface area contributed by atoms with Crippen molar-refractivity contribution in [2.24, 2.45) is 9.98 Å². The number of aromatic amines is 1. The second kappa shape index (κ2) is 6.53. The van der Waals surface area contributed by atoms with E-state index in [1.807, 2.05) is 60.7 Å². The summed E-state index contributed by atoms with van der Waals surface area (Å²) in [6.45, 7) is 0. The van der Waals surface area contributed by atoms with Crippen LogP contribution >= 0.6 is 0 Å². The maximum Gasteiger partial charge on any atom is 0.197 e. The molecule has 4 aromatic rings. The Labute approximate surface area is 166 Å². The lowest BCUT2D eigenvalue weighted by molar-refractivity contribution is 0.414. The Morgan fingerprint density at radius 3 is 2.55 bits per heavy atom. The predicted molar refractivity (Wildman–Crippen MR) is 112 cm³/mol. The molecule has 0 unspecified atom stereocenters. The Morgan fingerprint density at radius 2 is 1.76 bits per heavy atom. The van der Waals surface area contributed by atoms with E-state index in [9.17, 15) is 5.11 Å². The molecular formula is C23H18N4O2. The van der Waals surface area contributed by atoms with E-state index in [4.69, 9.17) is 20.5 Å². The Morgan fingerprint density at radius 1 is 0.966 bits per heavy atom. The monoisotopic (exact) mass is 382 g/mol. The Hall–Kier alpha value is -4.06. The highest BCUT2D eigenvalue weighted by atomic mass is 16.5. The van der Waals surface area contributed by atoms with E-state index in [-0.39, 0.29) is 5.88 Å². The third-order valence-electron chi connectivity index (χ3n) is 4.97. The molecule has 6 nitrogen and oxygen atoms in total. The highest BCUT2D eigenvalue weighted by Gasteiger charge is 2.22. The Kier molecular flexibility index (Phi) is 3.84. The maximum atomic E-state index is 10.8. The largest absolute Gasteiger partial charge is 0.497 e. The van der Waals surface area contributed by atoms with Gasteiger partial charge in [0.2, 0.25) is 0 Å². The lowest BCUT2D eigenvalue weighted by atomic mass is 9.96. The fourth-order valence-corrected chi connectivity index (χ4v) is 3.62. The van der Waals surface area contributed by atoms with Gasteiger partial charge in [-0.1, -0.05) is 30.3 Å². The van der Waals surface area contributed by atoms with Crippen molar-refractivity contribution < 1.29 is 9.84 Å². The molecule has 0 spiro atoms. The SMILES string of the molecule is COc1ccc2c(c1)=NC(=C(c1ccccc1)c1c(O)[nH]c3ccc(N)cc13)N=2. The van der Waals surface area contributed by atoms with Gasteiger partial charge in [-0.05, 0) is 35.9 Å². The van der Waals surface area contributed by atoms with Crippen LogP contribution in [0.15, 0.2) is 82.5 Å². The molecule has 29 heavy (non-hydrogen) atoms. The van der Waals surface area contributed by atoms with Gasteiger partial charge in [-0.2, -0.15) is 0 Å². The number of nitrogen functional groups attached to an aromatic ring is 1. The first-order valence-corrected chi connectivity index (χ1v) is 9.16. The number of benzene rings is 3. The van der Waals surface area contributed by atoms with E-state index in [2.05, 4.69) is 4.98 Å². The summed E-state index contributed by atoms with van der Waals surface area (Å²) in [6.07, 6.45) is 0. The number of nitrogens with zero attached hydrogens (tertiary/aromatic N) is 2. The van der Waals surface area contributed by atoms with Gasteiger partial charge in [0.1, 0.15) is 5.75 Å². The van der Waals surface area contributed by atoms with Gasteiger partial charge in [0.25, 0.3) is 0 Å². The molecule has 1 aromatic heterocycles. The fraction of sp³-hybridized carbons (Fsp3) is 0.0435. The van der Waals surface area contributed by atoms with E-state index >= 15 is 0 Å². The van der Waals surface area contributed by atoms with E-state index < -0.39 is 0 Å². The molecule has 0 saturated carbocycles.